The number of rotatable bonds is 2. The molecule has 0 aliphatic rings. The maximum absolute atomic E-state index is 6.16. The molecule has 0 amide bonds. The predicted molar refractivity (Wildman–Crippen MR) is 59.6 cm³/mol. The van der Waals surface area contributed by atoms with Gasteiger partial charge in [0.15, 0.2) is 11.5 Å². The van der Waals surface area contributed by atoms with E-state index >= 15 is 0 Å². The third kappa shape index (κ3) is 1.61. The van der Waals surface area contributed by atoms with Crippen molar-refractivity contribution in [2.45, 2.75) is 32.7 Å². The fraction of sp³-hybridized carbons (Fsp3) is 0.455. The van der Waals surface area contributed by atoms with Gasteiger partial charge in [0.1, 0.15) is 0 Å². The van der Waals surface area contributed by atoms with Crippen molar-refractivity contribution in [1.82, 2.24) is 14.6 Å². The van der Waals surface area contributed by atoms with Crippen molar-refractivity contribution in [1.29, 1.82) is 0 Å². The third-order valence-electron chi connectivity index (χ3n) is 2.81. The number of aryl methyl sites for hydroxylation is 1. The standard InChI is InChI=1S/C11H16N4/c1-4-11(3,12)10-14-13-9-7-8(2)5-6-15(9)10/h5-7H,4,12H2,1-3H3. The molecule has 15 heavy (non-hydrogen) atoms. The summed E-state index contributed by atoms with van der Waals surface area (Å²) in [6, 6.07) is 4.04. The van der Waals surface area contributed by atoms with Crippen LogP contribution in [0, 0.1) is 6.92 Å². The normalized spacial score (nSPS) is 15.5. The number of aromatic nitrogens is 3. The van der Waals surface area contributed by atoms with Crippen LogP contribution in [0.15, 0.2) is 18.3 Å². The van der Waals surface area contributed by atoms with E-state index in [1.807, 2.05) is 36.6 Å². The Labute approximate surface area is 89.1 Å². The highest BCUT2D eigenvalue weighted by atomic mass is 15.3. The maximum atomic E-state index is 6.16. The van der Waals surface area contributed by atoms with E-state index in [0.717, 1.165) is 17.9 Å². The number of nitrogens with zero attached hydrogens (tertiary/aromatic N) is 3. The van der Waals surface area contributed by atoms with Gasteiger partial charge >= 0.3 is 0 Å². The van der Waals surface area contributed by atoms with Gasteiger partial charge in [0, 0.05) is 6.20 Å². The highest BCUT2D eigenvalue weighted by Gasteiger charge is 2.24. The Morgan fingerprint density at radius 3 is 2.87 bits per heavy atom. The van der Waals surface area contributed by atoms with Crippen molar-refractivity contribution in [2.75, 3.05) is 0 Å². The molecule has 2 rings (SSSR count). The molecule has 1 unspecified atom stereocenters. The molecule has 0 radical (unpaired) electrons. The second-order valence-electron chi connectivity index (χ2n) is 4.23. The number of nitrogens with two attached hydrogens (primary N) is 1. The van der Waals surface area contributed by atoms with Gasteiger partial charge in [-0.25, -0.2) is 0 Å². The minimum atomic E-state index is -0.422. The van der Waals surface area contributed by atoms with Gasteiger partial charge in [-0.3, -0.25) is 4.40 Å². The van der Waals surface area contributed by atoms with Crippen LogP contribution in [0.2, 0.25) is 0 Å². The fourth-order valence-corrected chi connectivity index (χ4v) is 1.54. The van der Waals surface area contributed by atoms with E-state index in [-0.39, 0.29) is 0 Å². The summed E-state index contributed by atoms with van der Waals surface area (Å²) < 4.78 is 1.95. The van der Waals surface area contributed by atoms with E-state index in [0.29, 0.717) is 0 Å². The summed E-state index contributed by atoms with van der Waals surface area (Å²) >= 11 is 0. The zero-order valence-corrected chi connectivity index (χ0v) is 9.36. The van der Waals surface area contributed by atoms with E-state index in [1.165, 1.54) is 5.56 Å². The molecule has 0 aliphatic carbocycles. The van der Waals surface area contributed by atoms with Crippen molar-refractivity contribution >= 4 is 5.65 Å². The van der Waals surface area contributed by atoms with Gasteiger partial charge in [-0.1, -0.05) is 6.92 Å². The molecule has 4 nitrogen and oxygen atoms in total. The van der Waals surface area contributed by atoms with Crippen LogP contribution in [0.25, 0.3) is 5.65 Å². The van der Waals surface area contributed by atoms with E-state index in [4.69, 9.17) is 5.73 Å². The highest BCUT2D eigenvalue weighted by Crippen LogP contribution is 2.20. The zero-order chi connectivity index (χ0) is 11.1. The molecule has 0 fully saturated rings. The van der Waals surface area contributed by atoms with E-state index in [2.05, 4.69) is 17.1 Å². The second kappa shape index (κ2) is 3.31. The van der Waals surface area contributed by atoms with Gasteiger partial charge in [-0.15, -0.1) is 10.2 Å². The van der Waals surface area contributed by atoms with Gasteiger partial charge in [0.25, 0.3) is 0 Å². The molecule has 2 N–H and O–H groups in total. The monoisotopic (exact) mass is 204 g/mol. The van der Waals surface area contributed by atoms with Crippen LogP contribution < -0.4 is 5.73 Å². The minimum absolute atomic E-state index is 0.422. The Balaban J connectivity index is 2.64. The van der Waals surface area contributed by atoms with Crippen LogP contribution in [0.4, 0.5) is 0 Å². The van der Waals surface area contributed by atoms with Crippen molar-refractivity contribution in [3.8, 4) is 0 Å². The Hall–Kier alpha value is -1.42. The van der Waals surface area contributed by atoms with E-state index < -0.39 is 5.54 Å². The summed E-state index contributed by atoms with van der Waals surface area (Å²) in [4.78, 5) is 0. The zero-order valence-electron chi connectivity index (χ0n) is 9.36. The fourth-order valence-electron chi connectivity index (χ4n) is 1.54. The van der Waals surface area contributed by atoms with Crippen LogP contribution in [-0.2, 0) is 5.54 Å². The Morgan fingerprint density at radius 2 is 2.20 bits per heavy atom. The van der Waals surface area contributed by atoms with Gasteiger partial charge < -0.3 is 5.73 Å². The van der Waals surface area contributed by atoms with Crippen molar-refractivity contribution in [2.24, 2.45) is 5.73 Å². The third-order valence-corrected chi connectivity index (χ3v) is 2.81. The van der Waals surface area contributed by atoms with Crippen molar-refractivity contribution in [3.05, 3.63) is 29.7 Å². The van der Waals surface area contributed by atoms with Gasteiger partial charge in [-0.2, -0.15) is 0 Å². The summed E-state index contributed by atoms with van der Waals surface area (Å²) in [6.45, 7) is 6.06. The minimum Gasteiger partial charge on any atom is -0.319 e. The molecule has 0 saturated carbocycles. The molecule has 0 aliphatic heterocycles. The van der Waals surface area contributed by atoms with E-state index in [9.17, 15) is 0 Å². The van der Waals surface area contributed by atoms with Crippen molar-refractivity contribution in [3.63, 3.8) is 0 Å². The molecule has 2 aromatic heterocycles. The Bertz CT molecular complexity index is 484. The number of fused-ring (bicyclic) bond motifs is 1. The van der Waals surface area contributed by atoms with Gasteiger partial charge in [0.05, 0.1) is 5.54 Å². The maximum Gasteiger partial charge on any atom is 0.161 e. The summed E-state index contributed by atoms with van der Waals surface area (Å²) in [5, 5.41) is 8.29. The SMILES string of the molecule is CCC(C)(N)c1nnc2cc(C)ccn12. The average Bonchev–Trinajstić information content (AvgIpc) is 2.61. The molecule has 0 saturated heterocycles. The smallest absolute Gasteiger partial charge is 0.161 e. The Morgan fingerprint density at radius 1 is 1.47 bits per heavy atom. The topological polar surface area (TPSA) is 56.2 Å². The van der Waals surface area contributed by atoms with Crippen molar-refractivity contribution < 1.29 is 0 Å². The highest BCUT2D eigenvalue weighted by molar-refractivity contribution is 5.41. The molecule has 2 aromatic rings. The summed E-state index contributed by atoms with van der Waals surface area (Å²) in [7, 11) is 0. The largest absolute Gasteiger partial charge is 0.319 e. The summed E-state index contributed by atoms with van der Waals surface area (Å²) in [6.07, 6.45) is 2.81. The second-order valence-corrected chi connectivity index (χ2v) is 4.23. The Kier molecular flexibility index (Phi) is 2.23. The molecule has 0 spiro atoms. The molecule has 0 aromatic carbocycles. The summed E-state index contributed by atoms with van der Waals surface area (Å²) in [5.41, 5.74) is 7.77. The quantitative estimate of drug-likeness (QED) is 0.808. The molecule has 1 atom stereocenters. The lowest BCUT2D eigenvalue weighted by Gasteiger charge is -2.20. The van der Waals surface area contributed by atoms with Crippen LogP contribution >= 0.6 is 0 Å². The lowest BCUT2D eigenvalue weighted by Crippen LogP contribution is -2.34. The molecule has 4 heteroatoms. The molecule has 2 heterocycles. The van der Waals surface area contributed by atoms with Crippen LogP contribution in [0.3, 0.4) is 0 Å². The number of hydrogen-bond acceptors (Lipinski definition) is 3. The molecular weight excluding hydrogens is 188 g/mol. The predicted octanol–water partition coefficient (Wildman–Crippen LogP) is 1.62. The van der Waals surface area contributed by atoms with Crippen LogP contribution in [-0.4, -0.2) is 14.6 Å². The van der Waals surface area contributed by atoms with E-state index in [1.54, 1.807) is 0 Å². The first-order chi connectivity index (χ1) is 7.04. The lowest BCUT2D eigenvalue weighted by atomic mass is 10.00. The first-order valence-electron chi connectivity index (χ1n) is 5.15. The average molecular weight is 204 g/mol. The van der Waals surface area contributed by atoms with Gasteiger partial charge in [0.2, 0.25) is 0 Å². The van der Waals surface area contributed by atoms with Crippen LogP contribution in [0.1, 0.15) is 31.7 Å². The molecule has 80 valence electrons. The number of pyridine rings is 1. The lowest BCUT2D eigenvalue weighted by molar-refractivity contribution is 0.441. The first kappa shape index (κ1) is 10.1. The van der Waals surface area contributed by atoms with Crippen LogP contribution in [0.5, 0.6) is 0 Å². The summed E-state index contributed by atoms with van der Waals surface area (Å²) in [5.74, 6) is 0.819. The molecular formula is C11H16N4. The molecule has 0 bridgehead atoms. The first-order valence-corrected chi connectivity index (χ1v) is 5.15. The number of hydrogen-bond donors (Lipinski definition) is 1. The van der Waals surface area contributed by atoms with Gasteiger partial charge in [-0.05, 0) is 38.0 Å².